The van der Waals surface area contributed by atoms with Crippen LogP contribution < -0.4 is 0 Å². The predicted molar refractivity (Wildman–Crippen MR) is 117 cm³/mol. The first-order chi connectivity index (χ1) is 13.8. The molecular formula is C26H34N2O. The van der Waals surface area contributed by atoms with Crippen molar-refractivity contribution in [2.45, 2.75) is 59.3 Å². The maximum atomic E-state index is 12.5. The standard InChI is InChI=1S/C26H34N2O/c1-17-13-18(16-27-15-17)21-7-8-22-20-6-5-19-14-24(29)28(4)12-11-25(19,2)23(20)9-10-26(21,22)3/h7,13-16,20,22-23H,5-6,8-12H2,1-4H3. The topological polar surface area (TPSA) is 33.2 Å². The fraction of sp³-hybridized carbons (Fsp3) is 0.615. The third-order valence-electron chi connectivity index (χ3n) is 9.14. The van der Waals surface area contributed by atoms with Crippen molar-refractivity contribution in [3.8, 4) is 0 Å². The highest BCUT2D eigenvalue weighted by Crippen LogP contribution is 2.66. The Bertz CT molecular complexity index is 915. The van der Waals surface area contributed by atoms with Crippen LogP contribution in [0.2, 0.25) is 0 Å². The number of aromatic nitrogens is 1. The lowest BCUT2D eigenvalue weighted by Crippen LogP contribution is -2.49. The van der Waals surface area contributed by atoms with Crippen LogP contribution in [0.3, 0.4) is 0 Å². The zero-order valence-electron chi connectivity index (χ0n) is 18.4. The molecule has 5 rings (SSSR count). The highest BCUT2D eigenvalue weighted by Gasteiger charge is 2.57. The first-order valence-corrected chi connectivity index (χ1v) is 11.4. The highest BCUT2D eigenvalue weighted by molar-refractivity contribution is 5.88. The summed E-state index contributed by atoms with van der Waals surface area (Å²) in [6, 6.07) is 2.31. The normalized spacial score (nSPS) is 39.1. The van der Waals surface area contributed by atoms with Gasteiger partial charge in [-0.15, -0.1) is 0 Å². The van der Waals surface area contributed by atoms with Gasteiger partial charge in [-0.25, -0.2) is 0 Å². The molecule has 2 heterocycles. The Morgan fingerprint density at radius 1 is 1.10 bits per heavy atom. The molecule has 1 aliphatic heterocycles. The summed E-state index contributed by atoms with van der Waals surface area (Å²) < 4.78 is 0. The van der Waals surface area contributed by atoms with E-state index in [4.69, 9.17) is 0 Å². The van der Waals surface area contributed by atoms with E-state index >= 15 is 0 Å². The molecule has 4 aliphatic rings. The number of hydrogen-bond donors (Lipinski definition) is 0. The van der Waals surface area contributed by atoms with Crippen molar-refractivity contribution in [1.29, 1.82) is 0 Å². The van der Waals surface area contributed by atoms with Crippen LogP contribution in [0.4, 0.5) is 0 Å². The summed E-state index contributed by atoms with van der Waals surface area (Å²) in [5.74, 6) is 2.41. The molecule has 29 heavy (non-hydrogen) atoms. The molecule has 0 saturated heterocycles. The van der Waals surface area contributed by atoms with E-state index in [0.29, 0.717) is 5.92 Å². The third kappa shape index (κ3) is 2.76. The quantitative estimate of drug-likeness (QED) is 0.642. The molecule has 3 heteroatoms. The number of nitrogens with zero attached hydrogens (tertiary/aromatic N) is 2. The minimum atomic E-state index is 0.193. The molecule has 1 amide bonds. The Morgan fingerprint density at radius 2 is 1.93 bits per heavy atom. The molecule has 0 bridgehead atoms. The van der Waals surface area contributed by atoms with Gasteiger partial charge in [-0.3, -0.25) is 9.78 Å². The number of rotatable bonds is 1. The van der Waals surface area contributed by atoms with Crippen molar-refractivity contribution in [1.82, 2.24) is 9.88 Å². The van der Waals surface area contributed by atoms with E-state index in [1.165, 1.54) is 42.4 Å². The third-order valence-corrected chi connectivity index (χ3v) is 9.14. The van der Waals surface area contributed by atoms with Crippen LogP contribution in [0, 0.1) is 35.5 Å². The molecule has 3 nitrogen and oxygen atoms in total. The van der Waals surface area contributed by atoms with Gasteiger partial charge in [0.25, 0.3) is 0 Å². The number of pyridine rings is 1. The van der Waals surface area contributed by atoms with Crippen LogP contribution in [0.1, 0.15) is 63.5 Å². The Labute approximate surface area is 175 Å². The van der Waals surface area contributed by atoms with Crippen LogP contribution in [0.15, 0.2) is 36.2 Å². The molecule has 154 valence electrons. The molecule has 0 radical (unpaired) electrons. The SMILES string of the molecule is Cc1cncc(C2=CCC3C4CCC5=CC(=O)N(C)CCC5(C)C4CCC23C)c1. The molecular weight excluding hydrogens is 356 g/mol. The molecule has 0 spiro atoms. The molecule has 2 fully saturated rings. The van der Waals surface area contributed by atoms with Crippen LogP contribution in [0.25, 0.3) is 5.57 Å². The zero-order chi connectivity index (χ0) is 20.4. The van der Waals surface area contributed by atoms with Gasteiger partial charge in [0.05, 0.1) is 0 Å². The van der Waals surface area contributed by atoms with E-state index in [2.05, 4.69) is 44.1 Å². The van der Waals surface area contributed by atoms with Gasteiger partial charge in [0.2, 0.25) is 5.91 Å². The summed E-state index contributed by atoms with van der Waals surface area (Å²) in [5, 5.41) is 0. The van der Waals surface area contributed by atoms with Gasteiger partial charge in [0.15, 0.2) is 0 Å². The van der Waals surface area contributed by atoms with E-state index in [9.17, 15) is 4.79 Å². The van der Waals surface area contributed by atoms with E-state index in [1.807, 2.05) is 24.2 Å². The second-order valence-electron chi connectivity index (χ2n) is 10.6. The minimum Gasteiger partial charge on any atom is -0.342 e. The number of likely N-dealkylation sites (N-methyl/N-ethyl adjacent to an activating group) is 1. The monoisotopic (exact) mass is 390 g/mol. The van der Waals surface area contributed by atoms with Gasteiger partial charge in [-0.2, -0.15) is 0 Å². The van der Waals surface area contributed by atoms with Crippen LogP contribution in [-0.4, -0.2) is 29.4 Å². The van der Waals surface area contributed by atoms with Crippen molar-refractivity contribution >= 4 is 11.5 Å². The molecule has 2 saturated carbocycles. The Kier molecular flexibility index (Phi) is 4.31. The molecule has 0 N–H and O–H groups in total. The first kappa shape index (κ1) is 19.1. The summed E-state index contributed by atoms with van der Waals surface area (Å²) in [7, 11) is 1.96. The molecule has 3 aliphatic carbocycles. The summed E-state index contributed by atoms with van der Waals surface area (Å²) in [6.07, 6.45) is 15.7. The van der Waals surface area contributed by atoms with Crippen LogP contribution >= 0.6 is 0 Å². The smallest absolute Gasteiger partial charge is 0.246 e. The summed E-state index contributed by atoms with van der Waals surface area (Å²) in [6.45, 7) is 8.02. The number of carbonyl (C=O) groups excluding carboxylic acids is 1. The average molecular weight is 391 g/mol. The number of carbonyl (C=O) groups is 1. The molecule has 0 aromatic carbocycles. The zero-order valence-corrected chi connectivity index (χ0v) is 18.4. The largest absolute Gasteiger partial charge is 0.342 e. The summed E-state index contributed by atoms with van der Waals surface area (Å²) in [5.41, 5.74) is 6.02. The maximum Gasteiger partial charge on any atom is 0.246 e. The van der Waals surface area contributed by atoms with E-state index in [-0.39, 0.29) is 16.7 Å². The van der Waals surface area contributed by atoms with Crippen LogP contribution in [0.5, 0.6) is 0 Å². The lowest BCUT2D eigenvalue weighted by Gasteiger charge is -2.57. The fourth-order valence-corrected chi connectivity index (χ4v) is 7.40. The highest BCUT2D eigenvalue weighted by atomic mass is 16.2. The van der Waals surface area contributed by atoms with Crippen LogP contribution in [-0.2, 0) is 4.79 Å². The number of amides is 1. The molecule has 5 atom stereocenters. The van der Waals surface area contributed by atoms with E-state index in [0.717, 1.165) is 31.2 Å². The number of aryl methyl sites for hydroxylation is 1. The van der Waals surface area contributed by atoms with Gasteiger partial charge in [0, 0.05) is 32.1 Å². The minimum absolute atomic E-state index is 0.193. The van der Waals surface area contributed by atoms with Gasteiger partial charge in [-0.05, 0) is 96.8 Å². The second kappa shape index (κ2) is 6.55. The van der Waals surface area contributed by atoms with E-state index < -0.39 is 0 Å². The molecule has 5 unspecified atom stereocenters. The summed E-state index contributed by atoms with van der Waals surface area (Å²) >= 11 is 0. The summed E-state index contributed by atoms with van der Waals surface area (Å²) in [4.78, 5) is 18.9. The van der Waals surface area contributed by atoms with Gasteiger partial charge >= 0.3 is 0 Å². The average Bonchev–Trinajstić information content (AvgIpc) is 3.00. The van der Waals surface area contributed by atoms with Crippen molar-refractivity contribution in [3.05, 3.63) is 47.3 Å². The van der Waals surface area contributed by atoms with Gasteiger partial charge in [0.1, 0.15) is 0 Å². The van der Waals surface area contributed by atoms with E-state index in [1.54, 1.807) is 5.57 Å². The Morgan fingerprint density at radius 3 is 2.72 bits per heavy atom. The predicted octanol–water partition coefficient (Wildman–Crippen LogP) is 5.41. The van der Waals surface area contributed by atoms with Gasteiger partial charge < -0.3 is 4.90 Å². The first-order valence-electron chi connectivity index (χ1n) is 11.4. The fourth-order valence-electron chi connectivity index (χ4n) is 7.40. The number of fused-ring (bicyclic) bond motifs is 5. The number of hydrogen-bond acceptors (Lipinski definition) is 2. The lowest BCUT2D eigenvalue weighted by atomic mass is 9.47. The van der Waals surface area contributed by atoms with Crippen molar-refractivity contribution in [2.24, 2.45) is 28.6 Å². The second-order valence-corrected chi connectivity index (χ2v) is 10.6. The van der Waals surface area contributed by atoms with Crippen molar-refractivity contribution < 1.29 is 4.79 Å². The molecule has 1 aromatic heterocycles. The van der Waals surface area contributed by atoms with Crippen molar-refractivity contribution in [3.63, 3.8) is 0 Å². The maximum absolute atomic E-state index is 12.5. The Hall–Kier alpha value is -1.90. The molecule has 1 aromatic rings. The number of allylic oxidation sites excluding steroid dienone is 3. The van der Waals surface area contributed by atoms with Crippen molar-refractivity contribution in [2.75, 3.05) is 13.6 Å². The lowest BCUT2D eigenvalue weighted by molar-refractivity contribution is -0.124. The van der Waals surface area contributed by atoms with Gasteiger partial charge in [-0.1, -0.05) is 25.5 Å². The Balaban J connectivity index is 1.47.